The number of rotatable bonds is 3. The minimum absolute atomic E-state index is 0.919. The van der Waals surface area contributed by atoms with Crippen LogP contribution in [0.5, 0.6) is 0 Å². The monoisotopic (exact) mass is 546 g/mol. The fraction of sp³-hybridized carbons (Fsp3) is 0. The zero-order valence-electron chi connectivity index (χ0n) is 23.4. The summed E-state index contributed by atoms with van der Waals surface area (Å²) in [5.74, 6) is 0. The van der Waals surface area contributed by atoms with Crippen molar-refractivity contribution < 1.29 is 4.42 Å². The van der Waals surface area contributed by atoms with Gasteiger partial charge in [0.2, 0.25) is 0 Å². The van der Waals surface area contributed by atoms with Gasteiger partial charge in [-0.2, -0.15) is 0 Å². The van der Waals surface area contributed by atoms with Gasteiger partial charge in [-0.1, -0.05) is 140 Å². The molecule has 0 saturated heterocycles. The lowest BCUT2D eigenvalue weighted by Gasteiger charge is -2.18. The Kier molecular flexibility index (Phi) is 5.27. The number of hydrogen-bond acceptors (Lipinski definition) is 1. The van der Waals surface area contributed by atoms with E-state index in [9.17, 15) is 0 Å². The summed E-state index contributed by atoms with van der Waals surface area (Å²) >= 11 is 0. The molecular formula is C42H26O. The maximum absolute atomic E-state index is 6.42. The molecule has 0 aliphatic carbocycles. The second-order valence-corrected chi connectivity index (χ2v) is 11.3. The van der Waals surface area contributed by atoms with Crippen LogP contribution < -0.4 is 0 Å². The summed E-state index contributed by atoms with van der Waals surface area (Å²) in [6.07, 6.45) is 0. The van der Waals surface area contributed by atoms with Gasteiger partial charge in [0.05, 0.1) is 0 Å². The van der Waals surface area contributed by atoms with Crippen molar-refractivity contribution in [2.24, 2.45) is 0 Å². The zero-order chi connectivity index (χ0) is 28.3. The highest BCUT2D eigenvalue weighted by Crippen LogP contribution is 2.45. The molecule has 1 heteroatoms. The van der Waals surface area contributed by atoms with Crippen molar-refractivity contribution in [2.45, 2.75) is 0 Å². The van der Waals surface area contributed by atoms with Crippen molar-refractivity contribution >= 4 is 54.3 Å². The standard InChI is InChI=1S/C42H26O/c1-2-12-28-25-31(24-23-27(28)11-1)41-36-18-5-3-16-34(36)40(35-17-4-6-19-37(35)41)30-14-9-13-29(26-30)32-20-10-21-38-33-15-7-8-22-39(33)43-42(32)38/h1-26H. The molecule has 1 aromatic heterocycles. The summed E-state index contributed by atoms with van der Waals surface area (Å²) < 4.78 is 6.42. The summed E-state index contributed by atoms with van der Waals surface area (Å²) in [5.41, 5.74) is 9.08. The van der Waals surface area contributed by atoms with Crippen LogP contribution in [-0.4, -0.2) is 0 Å². The Morgan fingerprint density at radius 3 is 1.58 bits per heavy atom. The maximum Gasteiger partial charge on any atom is 0.143 e. The number of para-hydroxylation sites is 2. The van der Waals surface area contributed by atoms with Gasteiger partial charge in [-0.05, 0) is 78.3 Å². The summed E-state index contributed by atoms with van der Waals surface area (Å²) in [6.45, 7) is 0. The van der Waals surface area contributed by atoms with E-state index in [-0.39, 0.29) is 0 Å². The van der Waals surface area contributed by atoms with Crippen LogP contribution in [0.1, 0.15) is 0 Å². The minimum atomic E-state index is 0.919. The molecule has 200 valence electrons. The highest BCUT2D eigenvalue weighted by Gasteiger charge is 2.18. The molecule has 43 heavy (non-hydrogen) atoms. The van der Waals surface area contributed by atoms with Crippen molar-refractivity contribution in [1.29, 1.82) is 0 Å². The Bertz CT molecular complexity index is 2460. The number of furan rings is 1. The SMILES string of the molecule is c1cc(-c2c3ccccc3c(-c3ccc4ccccc4c3)c3ccccc23)cc(-c2cccc3c2oc2ccccc23)c1. The van der Waals surface area contributed by atoms with E-state index in [1.165, 1.54) is 54.6 Å². The molecule has 0 N–H and O–H groups in total. The van der Waals surface area contributed by atoms with Crippen LogP contribution in [0.15, 0.2) is 162 Å². The molecule has 0 amide bonds. The van der Waals surface area contributed by atoms with E-state index in [1.54, 1.807) is 0 Å². The fourth-order valence-corrected chi connectivity index (χ4v) is 6.91. The molecule has 0 radical (unpaired) electrons. The molecule has 1 nitrogen and oxygen atoms in total. The first-order valence-corrected chi connectivity index (χ1v) is 14.8. The van der Waals surface area contributed by atoms with Crippen molar-refractivity contribution in [2.75, 3.05) is 0 Å². The van der Waals surface area contributed by atoms with Gasteiger partial charge in [-0.25, -0.2) is 0 Å². The van der Waals surface area contributed by atoms with E-state index in [2.05, 4.69) is 146 Å². The predicted molar refractivity (Wildman–Crippen MR) is 183 cm³/mol. The van der Waals surface area contributed by atoms with E-state index in [0.29, 0.717) is 0 Å². The van der Waals surface area contributed by atoms with E-state index < -0.39 is 0 Å². The lowest BCUT2D eigenvalue weighted by molar-refractivity contribution is 0.670. The molecule has 0 unspecified atom stereocenters. The first-order valence-electron chi connectivity index (χ1n) is 14.8. The summed E-state index contributed by atoms with van der Waals surface area (Å²) in [4.78, 5) is 0. The molecule has 0 saturated carbocycles. The van der Waals surface area contributed by atoms with Crippen LogP contribution >= 0.6 is 0 Å². The van der Waals surface area contributed by atoms with Gasteiger partial charge in [-0.3, -0.25) is 0 Å². The highest BCUT2D eigenvalue weighted by atomic mass is 16.3. The lowest BCUT2D eigenvalue weighted by Crippen LogP contribution is -1.91. The fourth-order valence-electron chi connectivity index (χ4n) is 6.91. The van der Waals surface area contributed by atoms with Crippen LogP contribution in [0.4, 0.5) is 0 Å². The van der Waals surface area contributed by atoms with E-state index >= 15 is 0 Å². The average Bonchev–Trinajstić information content (AvgIpc) is 3.46. The molecule has 0 bridgehead atoms. The molecule has 9 rings (SSSR count). The van der Waals surface area contributed by atoms with Gasteiger partial charge in [0, 0.05) is 16.3 Å². The smallest absolute Gasteiger partial charge is 0.143 e. The van der Waals surface area contributed by atoms with E-state index in [1.807, 2.05) is 12.1 Å². The van der Waals surface area contributed by atoms with E-state index in [0.717, 1.165) is 33.1 Å². The van der Waals surface area contributed by atoms with Crippen LogP contribution in [-0.2, 0) is 0 Å². The van der Waals surface area contributed by atoms with Gasteiger partial charge in [-0.15, -0.1) is 0 Å². The van der Waals surface area contributed by atoms with Crippen LogP contribution in [0, 0.1) is 0 Å². The van der Waals surface area contributed by atoms with Crippen molar-refractivity contribution in [3.8, 4) is 33.4 Å². The van der Waals surface area contributed by atoms with Crippen molar-refractivity contribution in [1.82, 2.24) is 0 Å². The molecule has 9 aromatic rings. The second kappa shape index (κ2) is 9.44. The van der Waals surface area contributed by atoms with Crippen molar-refractivity contribution in [3.63, 3.8) is 0 Å². The number of benzene rings is 8. The summed E-state index contributed by atoms with van der Waals surface area (Å²) in [5, 5.41) is 9.84. The molecule has 0 atom stereocenters. The number of fused-ring (bicyclic) bond motifs is 6. The minimum Gasteiger partial charge on any atom is -0.455 e. The molecule has 0 spiro atoms. The first kappa shape index (κ1) is 24.0. The third-order valence-corrected chi connectivity index (χ3v) is 8.84. The van der Waals surface area contributed by atoms with Crippen molar-refractivity contribution in [3.05, 3.63) is 158 Å². The largest absolute Gasteiger partial charge is 0.455 e. The Balaban J connectivity index is 1.31. The molecular weight excluding hydrogens is 520 g/mol. The zero-order valence-corrected chi connectivity index (χ0v) is 23.4. The Hall–Kier alpha value is -5.66. The van der Waals surface area contributed by atoms with Gasteiger partial charge in [0.15, 0.2) is 0 Å². The average molecular weight is 547 g/mol. The van der Waals surface area contributed by atoms with Gasteiger partial charge in [0.25, 0.3) is 0 Å². The molecule has 8 aromatic carbocycles. The molecule has 0 fully saturated rings. The quantitative estimate of drug-likeness (QED) is 0.201. The Morgan fingerprint density at radius 2 is 0.860 bits per heavy atom. The molecule has 0 aliphatic rings. The first-order chi connectivity index (χ1) is 21.3. The topological polar surface area (TPSA) is 13.1 Å². The summed E-state index contributed by atoms with van der Waals surface area (Å²) in [7, 11) is 0. The normalized spacial score (nSPS) is 11.7. The Labute approximate surface area is 249 Å². The highest BCUT2D eigenvalue weighted by molar-refractivity contribution is 6.22. The van der Waals surface area contributed by atoms with Crippen LogP contribution in [0.3, 0.4) is 0 Å². The third-order valence-electron chi connectivity index (χ3n) is 8.84. The second-order valence-electron chi connectivity index (χ2n) is 11.3. The maximum atomic E-state index is 6.42. The van der Waals surface area contributed by atoms with Gasteiger partial charge in [0.1, 0.15) is 11.2 Å². The van der Waals surface area contributed by atoms with Gasteiger partial charge < -0.3 is 4.42 Å². The molecule has 1 heterocycles. The lowest BCUT2D eigenvalue weighted by atomic mass is 9.85. The van der Waals surface area contributed by atoms with Gasteiger partial charge >= 0.3 is 0 Å². The molecule has 0 aliphatic heterocycles. The van der Waals surface area contributed by atoms with Crippen LogP contribution in [0.25, 0.3) is 87.6 Å². The van der Waals surface area contributed by atoms with E-state index in [4.69, 9.17) is 4.42 Å². The third kappa shape index (κ3) is 3.72. The van der Waals surface area contributed by atoms with Crippen LogP contribution in [0.2, 0.25) is 0 Å². The number of hydrogen-bond donors (Lipinski definition) is 0. The predicted octanol–water partition coefficient (Wildman–Crippen LogP) is 12.0. The summed E-state index contributed by atoms with van der Waals surface area (Å²) in [6, 6.07) is 56.8. The Morgan fingerprint density at radius 1 is 0.326 bits per heavy atom.